The molecule has 2 amide bonds. The topological polar surface area (TPSA) is 87.7 Å². The highest BCUT2D eigenvalue weighted by Gasteiger charge is 2.53. The summed E-state index contributed by atoms with van der Waals surface area (Å²) < 4.78 is 5.20. The van der Waals surface area contributed by atoms with E-state index < -0.39 is 6.10 Å². The van der Waals surface area contributed by atoms with Crippen LogP contribution in [0.3, 0.4) is 0 Å². The summed E-state index contributed by atoms with van der Waals surface area (Å²) in [4.78, 5) is 25.7. The van der Waals surface area contributed by atoms with Gasteiger partial charge in [0.05, 0.1) is 13.2 Å². The Morgan fingerprint density at radius 1 is 1.17 bits per heavy atom. The van der Waals surface area contributed by atoms with Crippen molar-refractivity contribution in [1.29, 1.82) is 0 Å². The van der Waals surface area contributed by atoms with E-state index in [9.17, 15) is 14.7 Å². The Labute approximate surface area is 211 Å². The standard InChI is InChI=1S/C29H46N2O4/c1-18(27(34)30-17-20-8-10-21(35-7)11-9-20)22-12-14-29(6)15-13-23(19(2)25(29)26(22)33)31-24(32)16-28(3,4)5/h8-11,18-19,22-23,25-26,33H,12-17H2,1-7H3,(H,30,34)(H,31,32). The van der Waals surface area contributed by atoms with Gasteiger partial charge in [0.2, 0.25) is 11.8 Å². The Bertz CT molecular complexity index is 878. The van der Waals surface area contributed by atoms with Crippen LogP contribution in [0.2, 0.25) is 0 Å². The van der Waals surface area contributed by atoms with Crippen LogP contribution in [0, 0.1) is 34.5 Å². The van der Waals surface area contributed by atoms with E-state index in [1.54, 1.807) is 7.11 Å². The highest BCUT2D eigenvalue weighted by atomic mass is 16.5. The molecule has 7 unspecified atom stereocenters. The van der Waals surface area contributed by atoms with Crippen LogP contribution in [-0.4, -0.2) is 36.2 Å². The average Bonchev–Trinajstić information content (AvgIpc) is 2.78. The van der Waals surface area contributed by atoms with E-state index in [0.29, 0.717) is 13.0 Å². The van der Waals surface area contributed by atoms with Gasteiger partial charge in [-0.05, 0) is 72.0 Å². The first-order chi connectivity index (χ1) is 16.3. The summed E-state index contributed by atoms with van der Waals surface area (Å²) >= 11 is 0. The number of hydrogen-bond donors (Lipinski definition) is 3. The number of rotatable bonds is 7. The highest BCUT2D eigenvalue weighted by molar-refractivity contribution is 5.78. The summed E-state index contributed by atoms with van der Waals surface area (Å²) in [5.74, 6) is 0.706. The van der Waals surface area contributed by atoms with Crippen molar-refractivity contribution in [2.24, 2.45) is 34.5 Å². The molecule has 0 aromatic heterocycles. The quantitative estimate of drug-likeness (QED) is 0.522. The van der Waals surface area contributed by atoms with E-state index in [1.165, 1.54) is 0 Å². The second-order valence-corrected chi connectivity index (χ2v) is 12.5. The Kier molecular flexibility index (Phi) is 8.56. The molecule has 3 N–H and O–H groups in total. The third-order valence-electron chi connectivity index (χ3n) is 8.61. The molecule has 35 heavy (non-hydrogen) atoms. The molecule has 2 aliphatic rings. The van der Waals surface area contributed by atoms with Crippen molar-refractivity contribution < 1.29 is 19.4 Å². The molecule has 2 aliphatic carbocycles. The molecule has 0 saturated heterocycles. The Morgan fingerprint density at radius 3 is 2.40 bits per heavy atom. The number of aliphatic hydroxyl groups is 1. The van der Waals surface area contributed by atoms with Crippen molar-refractivity contribution in [2.75, 3.05) is 7.11 Å². The van der Waals surface area contributed by atoms with Gasteiger partial charge in [-0.1, -0.05) is 53.7 Å². The van der Waals surface area contributed by atoms with Crippen LogP contribution in [-0.2, 0) is 16.1 Å². The normalized spacial score (nSPS) is 31.7. The molecule has 2 fully saturated rings. The lowest BCUT2D eigenvalue weighted by Crippen LogP contribution is -2.58. The maximum absolute atomic E-state index is 13.0. The molecular weight excluding hydrogens is 440 g/mol. The predicted octanol–water partition coefficient (Wildman–Crippen LogP) is 4.69. The predicted molar refractivity (Wildman–Crippen MR) is 139 cm³/mol. The first-order valence-corrected chi connectivity index (χ1v) is 13.2. The number of benzene rings is 1. The van der Waals surface area contributed by atoms with Crippen molar-refractivity contribution in [3.63, 3.8) is 0 Å². The number of carbonyl (C=O) groups is 2. The monoisotopic (exact) mass is 486 g/mol. The molecule has 7 atom stereocenters. The summed E-state index contributed by atoms with van der Waals surface area (Å²) in [7, 11) is 1.63. The fourth-order valence-corrected chi connectivity index (χ4v) is 6.53. The zero-order valence-corrected chi connectivity index (χ0v) is 22.7. The minimum absolute atomic E-state index is 0.0213. The minimum Gasteiger partial charge on any atom is -0.497 e. The first kappa shape index (κ1) is 27.5. The molecule has 6 nitrogen and oxygen atoms in total. The molecule has 0 aliphatic heterocycles. The maximum Gasteiger partial charge on any atom is 0.223 e. The Hall–Kier alpha value is -2.08. The molecule has 196 valence electrons. The van der Waals surface area contributed by atoms with Gasteiger partial charge in [0.15, 0.2) is 0 Å². The molecule has 0 spiro atoms. The number of nitrogens with one attached hydrogen (secondary N) is 2. The summed E-state index contributed by atoms with van der Waals surface area (Å²) in [6, 6.07) is 7.73. The van der Waals surface area contributed by atoms with E-state index in [-0.39, 0.29) is 52.4 Å². The van der Waals surface area contributed by atoms with Gasteiger partial charge in [0.25, 0.3) is 0 Å². The van der Waals surface area contributed by atoms with Crippen molar-refractivity contribution in [3.8, 4) is 5.75 Å². The van der Waals surface area contributed by atoms with Gasteiger partial charge in [-0.2, -0.15) is 0 Å². The van der Waals surface area contributed by atoms with E-state index in [4.69, 9.17) is 4.74 Å². The molecule has 0 radical (unpaired) electrons. The molecular formula is C29H46N2O4. The molecule has 3 rings (SSSR count). The summed E-state index contributed by atoms with van der Waals surface area (Å²) in [5.41, 5.74) is 0.998. The number of aliphatic hydroxyl groups excluding tert-OH is 1. The second kappa shape index (κ2) is 10.9. The second-order valence-electron chi connectivity index (χ2n) is 12.5. The lowest BCUT2D eigenvalue weighted by molar-refractivity contribution is -0.144. The van der Waals surface area contributed by atoms with Gasteiger partial charge in [0.1, 0.15) is 5.75 Å². The van der Waals surface area contributed by atoms with Crippen molar-refractivity contribution >= 4 is 11.8 Å². The van der Waals surface area contributed by atoms with E-state index in [2.05, 4.69) is 45.3 Å². The van der Waals surface area contributed by atoms with Crippen molar-refractivity contribution in [2.45, 2.75) is 92.3 Å². The third-order valence-corrected chi connectivity index (χ3v) is 8.61. The van der Waals surface area contributed by atoms with E-state index >= 15 is 0 Å². The van der Waals surface area contributed by atoms with Gasteiger partial charge in [0, 0.05) is 24.9 Å². The third kappa shape index (κ3) is 6.58. The van der Waals surface area contributed by atoms with Crippen molar-refractivity contribution in [3.05, 3.63) is 29.8 Å². The highest BCUT2D eigenvalue weighted by Crippen LogP contribution is 2.55. The molecule has 1 aromatic carbocycles. The number of carbonyl (C=O) groups excluding carboxylic acids is 2. The number of amides is 2. The SMILES string of the molecule is COc1ccc(CNC(=O)C(C)C2CCC3(C)CCC(NC(=O)CC(C)(C)C)C(C)C3C2O)cc1. The van der Waals surface area contributed by atoms with Crippen LogP contribution in [0.15, 0.2) is 24.3 Å². The molecule has 6 heteroatoms. The Balaban J connectivity index is 1.64. The number of methoxy groups -OCH3 is 1. The summed E-state index contributed by atoms with van der Waals surface area (Å²) in [6.45, 7) is 13.1. The zero-order chi connectivity index (χ0) is 26.0. The van der Waals surface area contributed by atoms with Crippen LogP contribution in [0.4, 0.5) is 0 Å². The van der Waals surface area contributed by atoms with E-state index in [0.717, 1.165) is 37.0 Å². The van der Waals surface area contributed by atoms with E-state index in [1.807, 2.05) is 31.2 Å². The number of fused-ring (bicyclic) bond motifs is 1. The molecule has 1 aromatic rings. The van der Waals surface area contributed by atoms with Crippen LogP contribution >= 0.6 is 0 Å². The number of ether oxygens (including phenoxy) is 1. The van der Waals surface area contributed by atoms with Crippen molar-refractivity contribution in [1.82, 2.24) is 10.6 Å². The van der Waals surface area contributed by atoms with Gasteiger partial charge in [-0.3, -0.25) is 9.59 Å². The van der Waals surface area contributed by atoms with Gasteiger partial charge < -0.3 is 20.5 Å². The largest absolute Gasteiger partial charge is 0.497 e. The lowest BCUT2D eigenvalue weighted by Gasteiger charge is -2.56. The van der Waals surface area contributed by atoms with Crippen LogP contribution < -0.4 is 15.4 Å². The van der Waals surface area contributed by atoms with Gasteiger partial charge >= 0.3 is 0 Å². The maximum atomic E-state index is 13.0. The number of hydrogen-bond acceptors (Lipinski definition) is 4. The smallest absolute Gasteiger partial charge is 0.223 e. The molecule has 0 bridgehead atoms. The fourth-order valence-electron chi connectivity index (χ4n) is 6.53. The molecule has 2 saturated carbocycles. The van der Waals surface area contributed by atoms with Crippen LogP contribution in [0.25, 0.3) is 0 Å². The van der Waals surface area contributed by atoms with Crippen LogP contribution in [0.5, 0.6) is 5.75 Å². The average molecular weight is 487 g/mol. The van der Waals surface area contributed by atoms with Crippen LogP contribution in [0.1, 0.15) is 79.2 Å². The summed E-state index contributed by atoms with van der Waals surface area (Å²) in [6.07, 6.45) is 3.72. The fraction of sp³-hybridized carbons (Fsp3) is 0.724. The molecule has 0 heterocycles. The Morgan fingerprint density at radius 2 is 1.80 bits per heavy atom. The van der Waals surface area contributed by atoms with Gasteiger partial charge in [-0.25, -0.2) is 0 Å². The minimum atomic E-state index is -0.562. The lowest BCUT2D eigenvalue weighted by atomic mass is 9.51. The zero-order valence-electron chi connectivity index (χ0n) is 22.7. The first-order valence-electron chi connectivity index (χ1n) is 13.2. The summed E-state index contributed by atoms with van der Waals surface area (Å²) in [5, 5.41) is 17.9. The van der Waals surface area contributed by atoms with Gasteiger partial charge in [-0.15, -0.1) is 0 Å².